The Kier molecular flexibility index (Phi) is 5.46. The normalized spacial score (nSPS) is 10.0. The molecule has 0 bridgehead atoms. The van der Waals surface area contributed by atoms with Crippen molar-refractivity contribution in [3.63, 3.8) is 0 Å². The van der Waals surface area contributed by atoms with Crippen molar-refractivity contribution >= 4 is 23.3 Å². The number of halogens is 1. The number of hydrogen-bond acceptors (Lipinski definition) is 2. The molecule has 2 N–H and O–H groups in total. The molecule has 0 aliphatic carbocycles. The van der Waals surface area contributed by atoms with Gasteiger partial charge >= 0.3 is 6.03 Å². The Balaban J connectivity index is 1.89. The maximum Gasteiger partial charge on any atom is 0.319 e. The quantitative estimate of drug-likeness (QED) is 0.875. The van der Waals surface area contributed by atoms with Crippen molar-refractivity contribution in [2.24, 2.45) is 0 Å². The lowest BCUT2D eigenvalue weighted by Gasteiger charge is -2.10. The number of carbonyl (C=O) groups is 1. The van der Waals surface area contributed by atoms with E-state index in [1.165, 1.54) is 0 Å². The highest BCUT2D eigenvalue weighted by molar-refractivity contribution is 6.32. The van der Waals surface area contributed by atoms with Gasteiger partial charge in [-0.1, -0.05) is 41.9 Å². The van der Waals surface area contributed by atoms with Gasteiger partial charge in [-0.25, -0.2) is 4.79 Å². The van der Waals surface area contributed by atoms with Gasteiger partial charge in [0.25, 0.3) is 0 Å². The molecule has 0 radical (unpaired) electrons. The minimum absolute atomic E-state index is 0.279. The molecule has 0 fully saturated rings. The van der Waals surface area contributed by atoms with E-state index in [4.69, 9.17) is 16.3 Å². The molecule has 0 aliphatic rings. The zero-order chi connectivity index (χ0) is 15.1. The van der Waals surface area contributed by atoms with Crippen LogP contribution in [0.3, 0.4) is 0 Å². The standard InChI is InChI=1S/C16H17ClN2O2/c1-2-21-15-9-8-13(10-14(15)17)19-16(20)18-11-12-6-4-3-5-7-12/h3-10H,2,11H2,1H3,(H2,18,19,20). The van der Waals surface area contributed by atoms with Gasteiger partial charge in [0.2, 0.25) is 0 Å². The van der Waals surface area contributed by atoms with Gasteiger partial charge in [-0.3, -0.25) is 0 Å². The van der Waals surface area contributed by atoms with Gasteiger partial charge in [0.15, 0.2) is 0 Å². The fourth-order valence-electron chi connectivity index (χ4n) is 1.80. The van der Waals surface area contributed by atoms with Crippen LogP contribution in [0.2, 0.25) is 5.02 Å². The maximum absolute atomic E-state index is 11.8. The van der Waals surface area contributed by atoms with Crippen LogP contribution in [0.25, 0.3) is 0 Å². The first-order chi connectivity index (χ1) is 10.2. The van der Waals surface area contributed by atoms with Crippen molar-refractivity contribution in [2.75, 3.05) is 11.9 Å². The van der Waals surface area contributed by atoms with Gasteiger partial charge in [0.05, 0.1) is 11.6 Å². The molecule has 0 aliphatic heterocycles. The molecule has 21 heavy (non-hydrogen) atoms. The second-order valence-corrected chi connectivity index (χ2v) is 4.78. The Morgan fingerprint density at radius 1 is 1.19 bits per heavy atom. The SMILES string of the molecule is CCOc1ccc(NC(=O)NCc2ccccc2)cc1Cl. The highest BCUT2D eigenvalue weighted by Gasteiger charge is 2.05. The number of urea groups is 1. The van der Waals surface area contributed by atoms with Gasteiger partial charge < -0.3 is 15.4 Å². The second kappa shape index (κ2) is 7.55. The summed E-state index contributed by atoms with van der Waals surface area (Å²) in [5, 5.41) is 5.98. The van der Waals surface area contributed by atoms with Gasteiger partial charge in [-0.05, 0) is 30.7 Å². The molecule has 2 amide bonds. The molecule has 2 aromatic rings. The molecule has 0 unspecified atom stereocenters. The first-order valence-corrected chi connectivity index (χ1v) is 7.08. The van der Waals surface area contributed by atoms with E-state index < -0.39 is 0 Å². The lowest BCUT2D eigenvalue weighted by Crippen LogP contribution is -2.28. The van der Waals surface area contributed by atoms with Crippen LogP contribution in [0.15, 0.2) is 48.5 Å². The number of amides is 2. The smallest absolute Gasteiger partial charge is 0.319 e. The molecule has 2 aromatic carbocycles. The largest absolute Gasteiger partial charge is 0.492 e. The Bertz CT molecular complexity index is 602. The lowest BCUT2D eigenvalue weighted by atomic mass is 10.2. The highest BCUT2D eigenvalue weighted by Crippen LogP contribution is 2.27. The third kappa shape index (κ3) is 4.68. The topological polar surface area (TPSA) is 50.4 Å². The zero-order valence-corrected chi connectivity index (χ0v) is 12.5. The molecule has 2 rings (SSSR count). The monoisotopic (exact) mass is 304 g/mol. The third-order valence-corrected chi connectivity index (χ3v) is 3.08. The maximum atomic E-state index is 11.8. The van der Waals surface area contributed by atoms with Gasteiger partial charge in [0.1, 0.15) is 5.75 Å². The summed E-state index contributed by atoms with van der Waals surface area (Å²) >= 11 is 6.07. The third-order valence-electron chi connectivity index (χ3n) is 2.79. The minimum Gasteiger partial charge on any atom is -0.492 e. The molecule has 5 heteroatoms. The fraction of sp³-hybridized carbons (Fsp3) is 0.188. The van der Waals surface area contributed by atoms with E-state index in [9.17, 15) is 4.79 Å². The Morgan fingerprint density at radius 2 is 1.95 bits per heavy atom. The Morgan fingerprint density at radius 3 is 2.62 bits per heavy atom. The van der Waals surface area contributed by atoms with Gasteiger partial charge in [-0.2, -0.15) is 0 Å². The number of carbonyl (C=O) groups excluding carboxylic acids is 1. The zero-order valence-electron chi connectivity index (χ0n) is 11.7. The lowest BCUT2D eigenvalue weighted by molar-refractivity contribution is 0.251. The van der Waals surface area contributed by atoms with E-state index in [1.54, 1.807) is 18.2 Å². The molecule has 0 atom stereocenters. The fourth-order valence-corrected chi connectivity index (χ4v) is 2.04. The molecule has 0 spiro atoms. The Hall–Kier alpha value is -2.20. The summed E-state index contributed by atoms with van der Waals surface area (Å²) < 4.78 is 5.34. The molecule has 4 nitrogen and oxygen atoms in total. The summed E-state index contributed by atoms with van der Waals surface area (Å²) in [5.41, 5.74) is 1.66. The molecular formula is C16H17ClN2O2. The van der Waals surface area contributed by atoms with Crippen molar-refractivity contribution in [1.29, 1.82) is 0 Å². The van der Waals surface area contributed by atoms with Crippen molar-refractivity contribution < 1.29 is 9.53 Å². The average Bonchev–Trinajstić information content (AvgIpc) is 2.49. The first kappa shape index (κ1) is 15.2. The summed E-state index contributed by atoms with van der Waals surface area (Å²) in [4.78, 5) is 11.8. The van der Waals surface area contributed by atoms with Crippen LogP contribution in [0.1, 0.15) is 12.5 Å². The van der Waals surface area contributed by atoms with Crippen LogP contribution in [0, 0.1) is 0 Å². The van der Waals surface area contributed by atoms with Gasteiger partial charge in [-0.15, -0.1) is 0 Å². The number of rotatable bonds is 5. The number of ether oxygens (including phenoxy) is 1. The molecule has 0 saturated carbocycles. The minimum atomic E-state index is -0.279. The average molecular weight is 305 g/mol. The van der Waals surface area contributed by atoms with Crippen LogP contribution < -0.4 is 15.4 Å². The highest BCUT2D eigenvalue weighted by atomic mass is 35.5. The summed E-state index contributed by atoms with van der Waals surface area (Å²) in [6, 6.07) is 14.6. The van der Waals surface area contributed by atoms with Crippen LogP contribution in [-0.4, -0.2) is 12.6 Å². The van der Waals surface area contributed by atoms with E-state index in [2.05, 4.69) is 10.6 Å². The predicted molar refractivity (Wildman–Crippen MR) is 84.9 cm³/mol. The molecule has 0 heterocycles. The number of hydrogen-bond donors (Lipinski definition) is 2. The van der Waals surface area contributed by atoms with Crippen LogP contribution in [-0.2, 0) is 6.54 Å². The van der Waals surface area contributed by atoms with E-state index in [1.807, 2.05) is 37.3 Å². The summed E-state index contributed by atoms with van der Waals surface area (Å²) in [7, 11) is 0. The molecule has 0 saturated heterocycles. The number of benzene rings is 2. The first-order valence-electron chi connectivity index (χ1n) is 6.70. The van der Waals surface area contributed by atoms with E-state index in [0.29, 0.717) is 29.6 Å². The summed E-state index contributed by atoms with van der Waals surface area (Å²) in [5.74, 6) is 0.606. The van der Waals surface area contributed by atoms with E-state index in [0.717, 1.165) is 5.56 Å². The van der Waals surface area contributed by atoms with Crippen molar-refractivity contribution in [2.45, 2.75) is 13.5 Å². The summed E-state index contributed by atoms with van der Waals surface area (Å²) in [6.45, 7) is 2.90. The van der Waals surface area contributed by atoms with Crippen molar-refractivity contribution in [1.82, 2.24) is 5.32 Å². The van der Waals surface area contributed by atoms with E-state index >= 15 is 0 Å². The number of nitrogens with one attached hydrogen (secondary N) is 2. The molecule has 110 valence electrons. The van der Waals surface area contributed by atoms with Gasteiger partial charge in [0, 0.05) is 12.2 Å². The molecular weight excluding hydrogens is 288 g/mol. The van der Waals surface area contributed by atoms with E-state index in [-0.39, 0.29) is 6.03 Å². The van der Waals surface area contributed by atoms with Crippen LogP contribution in [0.4, 0.5) is 10.5 Å². The second-order valence-electron chi connectivity index (χ2n) is 4.37. The van der Waals surface area contributed by atoms with Crippen molar-refractivity contribution in [3.8, 4) is 5.75 Å². The molecule has 0 aromatic heterocycles. The predicted octanol–water partition coefficient (Wildman–Crippen LogP) is 4.06. The van der Waals surface area contributed by atoms with Crippen molar-refractivity contribution in [3.05, 3.63) is 59.1 Å². The number of anilines is 1. The summed E-state index contributed by atoms with van der Waals surface area (Å²) in [6.07, 6.45) is 0. The Labute approximate surface area is 129 Å². The van der Waals surface area contributed by atoms with Crippen LogP contribution in [0.5, 0.6) is 5.75 Å². The van der Waals surface area contributed by atoms with Crippen LogP contribution >= 0.6 is 11.6 Å².